The molecule has 70 valence electrons. The number of hydrogen-bond donors (Lipinski definition) is 0. The Labute approximate surface area is 81.2 Å². The minimum Gasteiger partial charge on any atom is -0.246 e. The van der Waals surface area contributed by atoms with Crippen molar-refractivity contribution in [3.05, 3.63) is 26.5 Å². The van der Waals surface area contributed by atoms with Gasteiger partial charge in [-0.3, -0.25) is 0 Å². The van der Waals surface area contributed by atoms with E-state index in [0.29, 0.717) is 6.54 Å². The normalized spacial score (nSPS) is 11.0. The molecule has 1 aromatic heterocycles. The van der Waals surface area contributed by atoms with Gasteiger partial charge in [-0.2, -0.15) is 0 Å². The van der Waals surface area contributed by atoms with E-state index in [1.54, 1.807) is 11.3 Å². The first kappa shape index (κ1) is 10.0. The summed E-state index contributed by atoms with van der Waals surface area (Å²) < 4.78 is 0. The summed E-state index contributed by atoms with van der Waals surface area (Å²) >= 11 is 1.54. The first-order valence-corrected chi connectivity index (χ1v) is 4.88. The molecule has 0 saturated heterocycles. The molecule has 0 spiro atoms. The topological polar surface area (TPSA) is 61.7 Å². The lowest BCUT2D eigenvalue weighted by Gasteiger charge is -2.14. The van der Waals surface area contributed by atoms with Gasteiger partial charge in [0.05, 0.1) is 17.2 Å². The maximum Gasteiger partial charge on any atom is 0.0986 e. The van der Waals surface area contributed by atoms with E-state index >= 15 is 0 Å². The van der Waals surface area contributed by atoms with Crippen molar-refractivity contribution in [3.8, 4) is 0 Å². The second kappa shape index (κ2) is 3.77. The van der Waals surface area contributed by atoms with Gasteiger partial charge in [0.1, 0.15) is 0 Å². The first-order chi connectivity index (χ1) is 6.04. The molecule has 0 bridgehead atoms. The average Bonchev–Trinajstić information content (AvgIpc) is 2.47. The molecule has 0 aromatic carbocycles. The molecule has 1 heterocycles. The summed E-state index contributed by atoms with van der Waals surface area (Å²) in [6, 6.07) is 0. The number of hydrogen-bond acceptors (Lipinski definition) is 3. The summed E-state index contributed by atoms with van der Waals surface area (Å²) in [4.78, 5) is 7.07. The highest BCUT2D eigenvalue weighted by atomic mass is 32.1. The van der Waals surface area contributed by atoms with Gasteiger partial charge in [-0.05, 0) is 5.53 Å². The molecular weight excluding hydrogens is 184 g/mol. The molecule has 1 aromatic rings. The number of aromatic nitrogens is 1. The van der Waals surface area contributed by atoms with Gasteiger partial charge in [-0.15, -0.1) is 11.3 Å². The molecule has 0 radical (unpaired) electrons. The van der Waals surface area contributed by atoms with Crippen LogP contribution in [0.4, 0.5) is 0 Å². The minimum atomic E-state index is 0.0745. The van der Waals surface area contributed by atoms with Crippen molar-refractivity contribution in [2.24, 2.45) is 5.11 Å². The molecule has 0 N–H and O–H groups in total. The van der Waals surface area contributed by atoms with Gasteiger partial charge in [0.25, 0.3) is 0 Å². The van der Waals surface area contributed by atoms with Crippen LogP contribution in [0.15, 0.2) is 10.5 Å². The summed E-state index contributed by atoms with van der Waals surface area (Å²) in [5.74, 6) is 0. The van der Waals surface area contributed by atoms with Gasteiger partial charge in [0, 0.05) is 15.7 Å². The van der Waals surface area contributed by atoms with Crippen molar-refractivity contribution < 1.29 is 0 Å². The van der Waals surface area contributed by atoms with E-state index in [1.807, 2.05) is 5.38 Å². The van der Waals surface area contributed by atoms with Crippen molar-refractivity contribution in [2.75, 3.05) is 0 Å². The Morgan fingerprint density at radius 1 is 1.62 bits per heavy atom. The summed E-state index contributed by atoms with van der Waals surface area (Å²) in [6.45, 7) is 6.69. The SMILES string of the molecule is CC(C)(C)c1csc(CN=[N+]=[N-])n1. The van der Waals surface area contributed by atoms with Crippen LogP contribution in [0, 0.1) is 0 Å². The Balaban J connectivity index is 2.80. The zero-order chi connectivity index (χ0) is 9.90. The minimum absolute atomic E-state index is 0.0745. The molecule has 13 heavy (non-hydrogen) atoms. The quantitative estimate of drug-likeness (QED) is 0.407. The molecule has 5 heteroatoms. The molecule has 0 fully saturated rings. The molecule has 0 atom stereocenters. The second-order valence-corrected chi connectivity index (χ2v) is 4.71. The molecule has 1 rings (SSSR count). The molecule has 0 aliphatic carbocycles. The second-order valence-electron chi connectivity index (χ2n) is 3.77. The average molecular weight is 196 g/mol. The predicted molar refractivity (Wildman–Crippen MR) is 53.7 cm³/mol. The highest BCUT2D eigenvalue weighted by Crippen LogP contribution is 2.23. The maximum atomic E-state index is 8.13. The van der Waals surface area contributed by atoms with Crippen LogP contribution in [0.25, 0.3) is 10.4 Å². The van der Waals surface area contributed by atoms with E-state index < -0.39 is 0 Å². The van der Waals surface area contributed by atoms with Gasteiger partial charge >= 0.3 is 0 Å². The highest BCUT2D eigenvalue weighted by molar-refractivity contribution is 7.09. The fraction of sp³-hybridized carbons (Fsp3) is 0.625. The van der Waals surface area contributed by atoms with E-state index in [2.05, 4.69) is 35.8 Å². The van der Waals surface area contributed by atoms with Crippen LogP contribution in [0.3, 0.4) is 0 Å². The van der Waals surface area contributed by atoms with Crippen LogP contribution >= 0.6 is 11.3 Å². The van der Waals surface area contributed by atoms with Crippen LogP contribution < -0.4 is 0 Å². The Morgan fingerprint density at radius 3 is 2.77 bits per heavy atom. The predicted octanol–water partition coefficient (Wildman–Crippen LogP) is 3.25. The molecule has 0 aliphatic rings. The number of nitrogens with zero attached hydrogens (tertiary/aromatic N) is 4. The van der Waals surface area contributed by atoms with Crippen LogP contribution in [0.1, 0.15) is 31.5 Å². The fourth-order valence-corrected chi connectivity index (χ4v) is 1.76. The lowest BCUT2D eigenvalue weighted by molar-refractivity contribution is 0.571. The number of thiazole rings is 1. The third-order valence-corrected chi connectivity index (χ3v) is 2.42. The van der Waals surface area contributed by atoms with E-state index in [0.717, 1.165) is 10.7 Å². The third kappa shape index (κ3) is 2.72. The van der Waals surface area contributed by atoms with Crippen LogP contribution in [0.5, 0.6) is 0 Å². The largest absolute Gasteiger partial charge is 0.246 e. The molecule has 0 amide bonds. The lowest BCUT2D eigenvalue weighted by Crippen LogP contribution is -2.11. The zero-order valence-corrected chi connectivity index (χ0v) is 8.80. The van der Waals surface area contributed by atoms with E-state index in [4.69, 9.17) is 5.53 Å². The Morgan fingerprint density at radius 2 is 2.31 bits per heavy atom. The molecule has 0 saturated carbocycles. The summed E-state index contributed by atoms with van der Waals surface area (Å²) in [5.41, 5.74) is 9.26. The first-order valence-electron chi connectivity index (χ1n) is 4.00. The van der Waals surface area contributed by atoms with Crippen molar-refractivity contribution in [1.82, 2.24) is 4.98 Å². The van der Waals surface area contributed by atoms with Crippen LogP contribution in [-0.2, 0) is 12.0 Å². The van der Waals surface area contributed by atoms with E-state index in [9.17, 15) is 0 Å². The highest BCUT2D eigenvalue weighted by Gasteiger charge is 2.16. The molecular formula is C8H12N4S. The monoisotopic (exact) mass is 196 g/mol. The van der Waals surface area contributed by atoms with Crippen molar-refractivity contribution in [2.45, 2.75) is 32.7 Å². The van der Waals surface area contributed by atoms with Gasteiger partial charge in [-0.25, -0.2) is 4.98 Å². The van der Waals surface area contributed by atoms with Crippen LogP contribution in [-0.4, -0.2) is 4.98 Å². The van der Waals surface area contributed by atoms with Gasteiger partial charge in [0.15, 0.2) is 0 Å². The fourth-order valence-electron chi connectivity index (χ4n) is 0.820. The van der Waals surface area contributed by atoms with E-state index in [-0.39, 0.29) is 5.41 Å². The number of rotatable bonds is 2. The Kier molecular flexibility index (Phi) is 2.90. The maximum absolute atomic E-state index is 8.13. The molecule has 0 unspecified atom stereocenters. The van der Waals surface area contributed by atoms with Gasteiger partial charge in [0.2, 0.25) is 0 Å². The molecule has 4 nitrogen and oxygen atoms in total. The van der Waals surface area contributed by atoms with Crippen molar-refractivity contribution in [3.63, 3.8) is 0 Å². The van der Waals surface area contributed by atoms with Crippen molar-refractivity contribution >= 4 is 11.3 Å². The smallest absolute Gasteiger partial charge is 0.0986 e. The standard InChI is InChI=1S/C8H12N4S/c1-8(2,3)6-5-13-7(11-6)4-10-12-9/h5H,4H2,1-3H3. The summed E-state index contributed by atoms with van der Waals surface area (Å²) in [5, 5.41) is 6.36. The van der Waals surface area contributed by atoms with E-state index in [1.165, 1.54) is 0 Å². The Hall–Kier alpha value is -1.06. The zero-order valence-electron chi connectivity index (χ0n) is 7.98. The van der Waals surface area contributed by atoms with Crippen molar-refractivity contribution in [1.29, 1.82) is 0 Å². The Bertz CT molecular complexity index is 330. The number of azide groups is 1. The lowest BCUT2D eigenvalue weighted by atomic mass is 9.93. The van der Waals surface area contributed by atoms with Crippen LogP contribution in [0.2, 0.25) is 0 Å². The molecule has 0 aliphatic heterocycles. The summed E-state index contributed by atoms with van der Waals surface area (Å²) in [6.07, 6.45) is 0. The summed E-state index contributed by atoms with van der Waals surface area (Å²) in [7, 11) is 0. The third-order valence-electron chi connectivity index (χ3n) is 1.59. The van der Waals surface area contributed by atoms with Gasteiger partial charge < -0.3 is 0 Å². The van der Waals surface area contributed by atoms with Gasteiger partial charge in [-0.1, -0.05) is 25.9 Å².